The average Bonchev–Trinajstić information content (AvgIpc) is 2.92. The first-order chi connectivity index (χ1) is 9.15. The Morgan fingerprint density at radius 2 is 2.16 bits per heavy atom. The third-order valence-electron chi connectivity index (χ3n) is 4.35. The third-order valence-corrected chi connectivity index (χ3v) is 4.35. The van der Waals surface area contributed by atoms with Crippen molar-refractivity contribution in [1.82, 2.24) is 19.9 Å². The zero-order valence-electron chi connectivity index (χ0n) is 12.1. The largest absolute Gasteiger partial charge is 0.389 e. The molecule has 19 heavy (non-hydrogen) atoms. The van der Waals surface area contributed by atoms with E-state index in [1.165, 1.54) is 12.8 Å². The average molecular weight is 266 g/mol. The van der Waals surface area contributed by atoms with Crippen LogP contribution in [0.5, 0.6) is 0 Å². The SMILES string of the molecule is CCC(O)(CC)CN1CCCC(Cn2ccnn2)C1. The van der Waals surface area contributed by atoms with E-state index >= 15 is 0 Å². The molecule has 5 nitrogen and oxygen atoms in total. The van der Waals surface area contributed by atoms with E-state index in [-0.39, 0.29) is 0 Å². The molecule has 1 saturated heterocycles. The zero-order chi connectivity index (χ0) is 13.7. The van der Waals surface area contributed by atoms with Gasteiger partial charge in [0.1, 0.15) is 0 Å². The van der Waals surface area contributed by atoms with Gasteiger partial charge in [-0.1, -0.05) is 19.1 Å². The Morgan fingerprint density at radius 3 is 2.79 bits per heavy atom. The summed E-state index contributed by atoms with van der Waals surface area (Å²) < 4.78 is 1.92. The molecule has 1 N–H and O–H groups in total. The fourth-order valence-electron chi connectivity index (χ4n) is 2.93. The molecular weight excluding hydrogens is 240 g/mol. The number of likely N-dealkylation sites (tertiary alicyclic amines) is 1. The molecule has 108 valence electrons. The van der Waals surface area contributed by atoms with E-state index in [1.807, 2.05) is 10.9 Å². The van der Waals surface area contributed by atoms with Gasteiger partial charge in [-0.15, -0.1) is 5.10 Å². The molecule has 1 aromatic rings. The first kappa shape index (κ1) is 14.5. The second-order valence-electron chi connectivity index (χ2n) is 5.80. The first-order valence-electron chi connectivity index (χ1n) is 7.44. The number of aromatic nitrogens is 3. The highest BCUT2D eigenvalue weighted by Gasteiger charge is 2.28. The van der Waals surface area contributed by atoms with Gasteiger partial charge in [0, 0.05) is 25.8 Å². The fourth-order valence-corrected chi connectivity index (χ4v) is 2.93. The summed E-state index contributed by atoms with van der Waals surface area (Å²) >= 11 is 0. The van der Waals surface area contributed by atoms with E-state index < -0.39 is 5.60 Å². The van der Waals surface area contributed by atoms with Gasteiger partial charge in [0.25, 0.3) is 0 Å². The van der Waals surface area contributed by atoms with E-state index in [0.717, 1.165) is 39.0 Å². The van der Waals surface area contributed by atoms with Gasteiger partial charge in [-0.05, 0) is 38.1 Å². The smallest absolute Gasteiger partial charge is 0.0768 e. The Labute approximate surface area is 115 Å². The van der Waals surface area contributed by atoms with E-state index in [1.54, 1.807) is 6.20 Å². The Hall–Kier alpha value is -0.940. The van der Waals surface area contributed by atoms with Crippen LogP contribution in [0.1, 0.15) is 39.5 Å². The Kier molecular flexibility index (Phi) is 4.93. The molecule has 2 rings (SSSR count). The van der Waals surface area contributed by atoms with Crippen molar-refractivity contribution in [2.24, 2.45) is 5.92 Å². The van der Waals surface area contributed by atoms with Gasteiger partial charge in [0.05, 0.1) is 11.8 Å². The summed E-state index contributed by atoms with van der Waals surface area (Å²) in [6.45, 7) is 8.04. The van der Waals surface area contributed by atoms with Crippen molar-refractivity contribution in [3.8, 4) is 0 Å². The number of β-amino-alcohol motifs (C(OH)–C–C–N with tert-alkyl or cyclic N) is 1. The van der Waals surface area contributed by atoms with Gasteiger partial charge in [-0.25, -0.2) is 0 Å². The van der Waals surface area contributed by atoms with Crippen molar-refractivity contribution in [3.05, 3.63) is 12.4 Å². The second kappa shape index (κ2) is 6.48. The minimum absolute atomic E-state index is 0.519. The molecule has 0 bridgehead atoms. The van der Waals surface area contributed by atoms with Crippen molar-refractivity contribution in [3.63, 3.8) is 0 Å². The number of rotatable bonds is 6. The minimum atomic E-state index is -0.519. The van der Waals surface area contributed by atoms with Crippen LogP contribution in [0.25, 0.3) is 0 Å². The van der Waals surface area contributed by atoms with Crippen LogP contribution in [0.3, 0.4) is 0 Å². The quantitative estimate of drug-likeness (QED) is 0.848. The third kappa shape index (κ3) is 4.01. The first-order valence-corrected chi connectivity index (χ1v) is 7.44. The number of nitrogens with zero attached hydrogens (tertiary/aromatic N) is 4. The van der Waals surface area contributed by atoms with Crippen LogP contribution in [0.2, 0.25) is 0 Å². The van der Waals surface area contributed by atoms with Gasteiger partial charge in [0.2, 0.25) is 0 Å². The van der Waals surface area contributed by atoms with E-state index in [4.69, 9.17) is 0 Å². The number of piperidine rings is 1. The van der Waals surface area contributed by atoms with Crippen molar-refractivity contribution in [1.29, 1.82) is 0 Å². The van der Waals surface area contributed by atoms with Crippen LogP contribution in [0.15, 0.2) is 12.4 Å². The summed E-state index contributed by atoms with van der Waals surface area (Å²) in [7, 11) is 0. The lowest BCUT2D eigenvalue weighted by atomic mass is 9.93. The molecule has 1 aliphatic heterocycles. The summed E-state index contributed by atoms with van der Waals surface area (Å²) in [5, 5.41) is 18.3. The normalized spacial score (nSPS) is 21.7. The molecule has 1 fully saturated rings. The lowest BCUT2D eigenvalue weighted by Crippen LogP contribution is -2.47. The van der Waals surface area contributed by atoms with E-state index in [2.05, 4.69) is 29.1 Å². The Morgan fingerprint density at radius 1 is 1.37 bits per heavy atom. The number of aliphatic hydroxyl groups is 1. The summed E-state index contributed by atoms with van der Waals surface area (Å²) in [4.78, 5) is 2.41. The molecule has 1 unspecified atom stereocenters. The van der Waals surface area contributed by atoms with Gasteiger partial charge < -0.3 is 10.0 Å². The van der Waals surface area contributed by atoms with Gasteiger partial charge in [-0.2, -0.15) is 0 Å². The lowest BCUT2D eigenvalue weighted by molar-refractivity contribution is -0.0148. The second-order valence-corrected chi connectivity index (χ2v) is 5.80. The molecule has 1 atom stereocenters. The summed E-state index contributed by atoms with van der Waals surface area (Å²) in [6.07, 6.45) is 7.76. The lowest BCUT2D eigenvalue weighted by Gasteiger charge is -2.38. The molecule has 1 aliphatic rings. The molecule has 1 aromatic heterocycles. The molecule has 2 heterocycles. The van der Waals surface area contributed by atoms with Crippen molar-refractivity contribution in [2.45, 2.75) is 51.7 Å². The zero-order valence-corrected chi connectivity index (χ0v) is 12.1. The highest BCUT2D eigenvalue weighted by atomic mass is 16.3. The summed E-state index contributed by atoms with van der Waals surface area (Å²) in [6, 6.07) is 0. The topological polar surface area (TPSA) is 54.2 Å². The number of hydrogen-bond donors (Lipinski definition) is 1. The van der Waals surface area contributed by atoms with Crippen molar-refractivity contribution >= 4 is 0 Å². The highest BCUT2D eigenvalue weighted by Crippen LogP contribution is 2.22. The standard InChI is InChI=1S/C14H26N4O/c1-3-14(19,4-2)12-17-8-5-6-13(10-17)11-18-9-7-15-16-18/h7,9,13,19H,3-6,8,10-12H2,1-2H3. The Bertz CT molecular complexity index is 362. The monoisotopic (exact) mass is 266 g/mol. The van der Waals surface area contributed by atoms with Crippen LogP contribution in [-0.4, -0.2) is 50.2 Å². The maximum Gasteiger partial charge on any atom is 0.0768 e. The van der Waals surface area contributed by atoms with Gasteiger partial charge >= 0.3 is 0 Å². The van der Waals surface area contributed by atoms with Crippen LogP contribution in [-0.2, 0) is 6.54 Å². The maximum atomic E-state index is 10.5. The molecule has 0 aromatic carbocycles. The predicted molar refractivity (Wildman–Crippen MR) is 74.7 cm³/mol. The summed E-state index contributed by atoms with van der Waals surface area (Å²) in [5.41, 5.74) is -0.519. The molecule has 0 spiro atoms. The Balaban J connectivity index is 1.86. The van der Waals surface area contributed by atoms with Crippen LogP contribution >= 0.6 is 0 Å². The molecule has 0 aliphatic carbocycles. The van der Waals surface area contributed by atoms with Crippen LogP contribution < -0.4 is 0 Å². The van der Waals surface area contributed by atoms with E-state index in [0.29, 0.717) is 5.92 Å². The maximum absolute atomic E-state index is 10.5. The molecule has 5 heteroatoms. The summed E-state index contributed by atoms with van der Waals surface area (Å²) in [5.74, 6) is 0.619. The van der Waals surface area contributed by atoms with Gasteiger partial charge in [-0.3, -0.25) is 4.68 Å². The van der Waals surface area contributed by atoms with Gasteiger partial charge in [0.15, 0.2) is 0 Å². The number of hydrogen-bond acceptors (Lipinski definition) is 4. The molecular formula is C14H26N4O. The molecule has 0 amide bonds. The fraction of sp³-hybridized carbons (Fsp3) is 0.857. The van der Waals surface area contributed by atoms with Crippen LogP contribution in [0.4, 0.5) is 0 Å². The van der Waals surface area contributed by atoms with Crippen molar-refractivity contribution < 1.29 is 5.11 Å². The highest BCUT2D eigenvalue weighted by molar-refractivity contribution is 4.83. The molecule has 0 saturated carbocycles. The molecule has 0 radical (unpaired) electrons. The van der Waals surface area contributed by atoms with Crippen molar-refractivity contribution in [2.75, 3.05) is 19.6 Å². The minimum Gasteiger partial charge on any atom is -0.389 e. The van der Waals surface area contributed by atoms with Crippen LogP contribution in [0, 0.1) is 5.92 Å². The van der Waals surface area contributed by atoms with E-state index in [9.17, 15) is 5.11 Å². The predicted octanol–water partition coefficient (Wildman–Crippen LogP) is 1.54.